The van der Waals surface area contributed by atoms with Crippen molar-refractivity contribution in [1.29, 1.82) is 0 Å². The van der Waals surface area contributed by atoms with Crippen LogP contribution in [0.2, 0.25) is 0 Å². The predicted octanol–water partition coefficient (Wildman–Crippen LogP) is 3.63. The van der Waals surface area contributed by atoms with Crippen LogP contribution in [0.5, 0.6) is 0 Å². The number of aromatic nitrogens is 2. The zero-order valence-electron chi connectivity index (χ0n) is 13.7. The third kappa shape index (κ3) is 3.29. The lowest BCUT2D eigenvalue weighted by atomic mass is 10.1. The van der Waals surface area contributed by atoms with Crippen molar-refractivity contribution in [2.24, 2.45) is 0 Å². The van der Waals surface area contributed by atoms with Gasteiger partial charge in [0.2, 0.25) is 0 Å². The summed E-state index contributed by atoms with van der Waals surface area (Å²) < 4.78 is 7.38. The number of hydrogen-bond acceptors (Lipinski definition) is 3. The molecule has 5 nitrogen and oxygen atoms in total. The molecule has 1 aliphatic carbocycles. The fourth-order valence-corrected chi connectivity index (χ4v) is 3.23. The molecule has 1 N–H and O–H groups in total. The Hall–Kier alpha value is -2.14. The van der Waals surface area contributed by atoms with Crippen LogP contribution in [0.25, 0.3) is 0 Å². The molecule has 23 heavy (non-hydrogen) atoms. The molecule has 0 aliphatic heterocycles. The van der Waals surface area contributed by atoms with E-state index in [2.05, 4.69) is 10.4 Å². The number of carbonyl (C=O) groups excluding carboxylic acids is 1. The lowest BCUT2D eigenvalue weighted by Gasteiger charge is -2.19. The molecule has 122 valence electrons. The zero-order chi connectivity index (χ0) is 16.2. The van der Waals surface area contributed by atoms with Crippen molar-refractivity contribution in [3.05, 3.63) is 47.7 Å². The van der Waals surface area contributed by atoms with Gasteiger partial charge in [0.1, 0.15) is 5.82 Å². The third-order valence-corrected chi connectivity index (χ3v) is 4.47. The summed E-state index contributed by atoms with van der Waals surface area (Å²) in [5.41, 5.74) is 1.82. The SMILES string of the molecule is COC(C(=O)Nc1c(C)cnn1C1CCCC1)c1ccccc1. The van der Waals surface area contributed by atoms with Gasteiger partial charge in [0.25, 0.3) is 5.91 Å². The van der Waals surface area contributed by atoms with Crippen LogP contribution in [-0.4, -0.2) is 22.8 Å². The van der Waals surface area contributed by atoms with E-state index in [1.807, 2.05) is 48.1 Å². The van der Waals surface area contributed by atoms with E-state index < -0.39 is 6.10 Å². The monoisotopic (exact) mass is 313 g/mol. The third-order valence-electron chi connectivity index (χ3n) is 4.47. The Bertz CT molecular complexity index is 660. The number of anilines is 1. The Labute approximate surface area is 136 Å². The van der Waals surface area contributed by atoms with Crippen molar-refractivity contribution in [1.82, 2.24) is 9.78 Å². The normalized spacial score (nSPS) is 16.4. The number of aryl methyl sites for hydroxylation is 1. The van der Waals surface area contributed by atoms with E-state index in [-0.39, 0.29) is 5.91 Å². The maximum Gasteiger partial charge on any atom is 0.259 e. The van der Waals surface area contributed by atoms with Crippen LogP contribution in [0.1, 0.15) is 49.0 Å². The van der Waals surface area contributed by atoms with Gasteiger partial charge in [-0.2, -0.15) is 5.10 Å². The van der Waals surface area contributed by atoms with Crippen LogP contribution < -0.4 is 5.32 Å². The number of carbonyl (C=O) groups is 1. The molecule has 1 heterocycles. The molecule has 3 rings (SSSR count). The number of amides is 1. The number of nitrogens with one attached hydrogen (secondary N) is 1. The average molecular weight is 313 g/mol. The number of rotatable bonds is 5. The molecular weight excluding hydrogens is 290 g/mol. The number of nitrogens with zero attached hydrogens (tertiary/aromatic N) is 2. The van der Waals surface area contributed by atoms with Gasteiger partial charge in [-0.05, 0) is 25.3 Å². The van der Waals surface area contributed by atoms with Crippen molar-refractivity contribution in [3.8, 4) is 0 Å². The van der Waals surface area contributed by atoms with Gasteiger partial charge in [-0.3, -0.25) is 4.79 Å². The Balaban J connectivity index is 1.81. The standard InChI is InChI=1S/C18H23N3O2/c1-13-12-19-21(15-10-6-7-11-15)17(13)20-18(22)16(23-2)14-8-4-3-5-9-14/h3-5,8-9,12,15-16H,6-7,10-11H2,1-2H3,(H,20,22). The van der Waals surface area contributed by atoms with E-state index in [1.54, 1.807) is 7.11 Å². The Morgan fingerprint density at radius 3 is 2.65 bits per heavy atom. The topological polar surface area (TPSA) is 56.1 Å². The van der Waals surface area contributed by atoms with E-state index in [1.165, 1.54) is 12.8 Å². The summed E-state index contributed by atoms with van der Waals surface area (Å²) in [5.74, 6) is 0.626. The summed E-state index contributed by atoms with van der Waals surface area (Å²) in [5, 5.41) is 7.49. The highest BCUT2D eigenvalue weighted by molar-refractivity contribution is 5.94. The van der Waals surface area contributed by atoms with Gasteiger partial charge in [0.05, 0.1) is 12.2 Å². The summed E-state index contributed by atoms with van der Waals surface area (Å²) in [7, 11) is 1.55. The second kappa shape index (κ2) is 6.96. The molecule has 1 saturated carbocycles. The molecule has 5 heteroatoms. The highest BCUT2D eigenvalue weighted by Gasteiger charge is 2.25. The molecular formula is C18H23N3O2. The van der Waals surface area contributed by atoms with Crippen LogP contribution in [0.4, 0.5) is 5.82 Å². The minimum absolute atomic E-state index is 0.165. The van der Waals surface area contributed by atoms with Crippen molar-refractivity contribution >= 4 is 11.7 Å². The smallest absolute Gasteiger partial charge is 0.259 e. The Morgan fingerprint density at radius 1 is 1.30 bits per heavy atom. The molecule has 0 radical (unpaired) electrons. The van der Waals surface area contributed by atoms with Gasteiger partial charge in [-0.15, -0.1) is 0 Å². The molecule has 0 bridgehead atoms. The van der Waals surface area contributed by atoms with E-state index >= 15 is 0 Å². The maximum atomic E-state index is 12.7. The van der Waals surface area contributed by atoms with E-state index in [0.29, 0.717) is 6.04 Å². The van der Waals surface area contributed by atoms with Gasteiger partial charge in [-0.25, -0.2) is 4.68 Å². The number of ether oxygens (including phenoxy) is 1. The van der Waals surface area contributed by atoms with Crippen molar-refractivity contribution < 1.29 is 9.53 Å². The average Bonchev–Trinajstić information content (AvgIpc) is 3.20. The summed E-state index contributed by atoms with van der Waals surface area (Å²) in [6.45, 7) is 1.97. The van der Waals surface area contributed by atoms with Gasteiger partial charge in [0, 0.05) is 12.7 Å². The van der Waals surface area contributed by atoms with Crippen LogP contribution in [0.3, 0.4) is 0 Å². The zero-order valence-corrected chi connectivity index (χ0v) is 13.7. The molecule has 1 aromatic heterocycles. The fraction of sp³-hybridized carbons (Fsp3) is 0.444. The summed E-state index contributed by atoms with van der Waals surface area (Å²) in [6.07, 6.45) is 5.89. The fourth-order valence-electron chi connectivity index (χ4n) is 3.23. The quantitative estimate of drug-likeness (QED) is 0.917. The van der Waals surface area contributed by atoms with Gasteiger partial charge >= 0.3 is 0 Å². The van der Waals surface area contributed by atoms with Crippen LogP contribution in [0, 0.1) is 6.92 Å². The van der Waals surface area contributed by atoms with Crippen molar-refractivity contribution in [2.75, 3.05) is 12.4 Å². The summed E-state index contributed by atoms with van der Waals surface area (Å²) in [4.78, 5) is 12.7. The molecule has 1 aromatic carbocycles. The minimum atomic E-state index is -0.623. The first-order valence-electron chi connectivity index (χ1n) is 8.13. The first-order chi connectivity index (χ1) is 11.2. The Kier molecular flexibility index (Phi) is 4.76. The summed E-state index contributed by atoms with van der Waals surface area (Å²) >= 11 is 0. The van der Waals surface area contributed by atoms with E-state index in [4.69, 9.17) is 4.74 Å². The van der Waals surface area contributed by atoms with Crippen LogP contribution >= 0.6 is 0 Å². The van der Waals surface area contributed by atoms with E-state index in [9.17, 15) is 4.79 Å². The van der Waals surface area contributed by atoms with E-state index in [0.717, 1.165) is 29.8 Å². The molecule has 1 aliphatic rings. The van der Waals surface area contributed by atoms with Gasteiger partial charge in [-0.1, -0.05) is 43.2 Å². The molecule has 1 fully saturated rings. The largest absolute Gasteiger partial charge is 0.367 e. The second-order valence-corrected chi connectivity index (χ2v) is 6.07. The highest BCUT2D eigenvalue weighted by Crippen LogP contribution is 2.33. The van der Waals surface area contributed by atoms with Crippen LogP contribution in [0.15, 0.2) is 36.5 Å². The predicted molar refractivity (Wildman–Crippen MR) is 89.3 cm³/mol. The molecule has 1 unspecified atom stereocenters. The maximum absolute atomic E-state index is 12.7. The lowest BCUT2D eigenvalue weighted by Crippen LogP contribution is -2.25. The minimum Gasteiger partial charge on any atom is -0.367 e. The molecule has 1 atom stereocenters. The molecule has 2 aromatic rings. The first-order valence-corrected chi connectivity index (χ1v) is 8.13. The number of hydrogen-bond donors (Lipinski definition) is 1. The molecule has 1 amide bonds. The van der Waals surface area contributed by atoms with Gasteiger partial charge < -0.3 is 10.1 Å². The summed E-state index contributed by atoms with van der Waals surface area (Å²) in [6, 6.07) is 9.92. The number of benzene rings is 1. The van der Waals surface area contributed by atoms with Crippen molar-refractivity contribution in [3.63, 3.8) is 0 Å². The van der Waals surface area contributed by atoms with Crippen molar-refractivity contribution in [2.45, 2.75) is 44.8 Å². The Morgan fingerprint density at radius 2 is 2.00 bits per heavy atom. The lowest BCUT2D eigenvalue weighted by molar-refractivity contribution is -0.126. The second-order valence-electron chi connectivity index (χ2n) is 6.07. The van der Waals surface area contributed by atoms with Gasteiger partial charge in [0.15, 0.2) is 6.10 Å². The molecule has 0 saturated heterocycles. The van der Waals surface area contributed by atoms with Crippen LogP contribution in [-0.2, 0) is 9.53 Å². The highest BCUT2D eigenvalue weighted by atomic mass is 16.5. The number of methoxy groups -OCH3 is 1. The first kappa shape index (κ1) is 15.7. The molecule has 0 spiro atoms.